The first-order valence-electron chi connectivity index (χ1n) is 4.97. The monoisotopic (exact) mass is 259 g/mol. The van der Waals surface area contributed by atoms with Crippen molar-refractivity contribution in [1.82, 2.24) is 4.90 Å². The van der Waals surface area contributed by atoms with Gasteiger partial charge in [-0.1, -0.05) is 28.9 Å². The summed E-state index contributed by atoms with van der Waals surface area (Å²) in [4.78, 5) is 14.1. The Morgan fingerprint density at radius 3 is 2.71 bits per heavy atom. The second-order valence-corrected chi connectivity index (χ2v) is 6.06. The van der Waals surface area contributed by atoms with E-state index in [1.54, 1.807) is 6.08 Å². The number of amides is 1. The van der Waals surface area contributed by atoms with Gasteiger partial charge in [0.05, 0.1) is 5.41 Å². The number of carbonyl (C=O) groups excluding carboxylic acids is 1. The summed E-state index contributed by atoms with van der Waals surface area (Å²) in [6.07, 6.45) is 2.80. The van der Waals surface area contributed by atoms with Crippen LogP contribution in [0.3, 0.4) is 0 Å². The van der Waals surface area contributed by atoms with Crippen LogP contribution in [0.2, 0.25) is 0 Å². The molecule has 3 heteroatoms. The number of alkyl halides is 1. The molecule has 0 saturated carbocycles. The van der Waals surface area contributed by atoms with Gasteiger partial charge in [0, 0.05) is 17.4 Å². The lowest BCUT2D eigenvalue weighted by molar-refractivity contribution is -0.167. The van der Waals surface area contributed by atoms with Crippen LogP contribution in [-0.4, -0.2) is 28.2 Å². The highest BCUT2D eigenvalue weighted by atomic mass is 79.9. The number of hydrogen-bond donors (Lipinski definition) is 0. The largest absolute Gasteiger partial charge is 0.334 e. The second-order valence-electron chi connectivity index (χ2n) is 4.50. The Kier molecular flexibility index (Phi) is 3.40. The smallest absolute Gasteiger partial charge is 0.230 e. The van der Waals surface area contributed by atoms with E-state index in [9.17, 15) is 4.79 Å². The first-order chi connectivity index (χ1) is 6.41. The van der Waals surface area contributed by atoms with Crippen molar-refractivity contribution in [3.8, 4) is 0 Å². The summed E-state index contributed by atoms with van der Waals surface area (Å²) in [6.45, 7) is 10.5. The fourth-order valence-corrected chi connectivity index (χ4v) is 2.41. The predicted octanol–water partition coefficient (Wildman–Crippen LogP) is 2.58. The number of likely N-dealkylation sites (tertiary alicyclic amines) is 1. The topological polar surface area (TPSA) is 20.3 Å². The molecule has 0 bridgehead atoms. The molecule has 0 spiro atoms. The molecule has 0 aromatic rings. The molecule has 0 N–H and O–H groups in total. The van der Waals surface area contributed by atoms with Gasteiger partial charge < -0.3 is 4.90 Å². The summed E-state index contributed by atoms with van der Waals surface area (Å²) >= 11 is 3.54. The maximum atomic E-state index is 11.7. The molecule has 80 valence electrons. The highest BCUT2D eigenvalue weighted by Crippen LogP contribution is 2.41. The van der Waals surface area contributed by atoms with Gasteiger partial charge in [0.1, 0.15) is 0 Å². The normalized spacial score (nSPS) is 27.0. The van der Waals surface area contributed by atoms with Gasteiger partial charge in [-0.25, -0.2) is 0 Å². The van der Waals surface area contributed by atoms with Crippen LogP contribution in [0.5, 0.6) is 0 Å². The third-order valence-corrected chi connectivity index (χ3v) is 3.27. The summed E-state index contributed by atoms with van der Waals surface area (Å²) in [5, 5.41) is 0. The number of carbonyl (C=O) groups is 1. The molecule has 14 heavy (non-hydrogen) atoms. The molecule has 1 aliphatic heterocycles. The zero-order valence-corrected chi connectivity index (χ0v) is 10.7. The Bertz CT molecular complexity index is 248. The van der Waals surface area contributed by atoms with Crippen molar-refractivity contribution in [2.75, 3.05) is 6.54 Å². The van der Waals surface area contributed by atoms with Gasteiger partial charge in [0.15, 0.2) is 0 Å². The van der Waals surface area contributed by atoms with Crippen molar-refractivity contribution in [3.63, 3.8) is 0 Å². The molecular weight excluding hydrogens is 242 g/mol. The van der Waals surface area contributed by atoms with Crippen molar-refractivity contribution in [2.24, 2.45) is 5.41 Å². The molecule has 1 saturated heterocycles. The van der Waals surface area contributed by atoms with Crippen molar-refractivity contribution in [3.05, 3.63) is 12.7 Å². The van der Waals surface area contributed by atoms with Crippen LogP contribution in [0, 0.1) is 5.41 Å². The zero-order valence-electron chi connectivity index (χ0n) is 9.09. The van der Waals surface area contributed by atoms with Crippen molar-refractivity contribution >= 4 is 21.8 Å². The van der Waals surface area contributed by atoms with Gasteiger partial charge in [0.25, 0.3) is 0 Å². The first-order valence-corrected chi connectivity index (χ1v) is 5.89. The highest BCUT2D eigenvalue weighted by molar-refractivity contribution is 9.09. The molecule has 0 aliphatic carbocycles. The van der Waals surface area contributed by atoms with Crippen LogP contribution in [0.1, 0.15) is 27.2 Å². The molecule has 2 atom stereocenters. The number of rotatable bonds is 4. The van der Waals surface area contributed by atoms with Crippen molar-refractivity contribution in [2.45, 2.75) is 38.1 Å². The van der Waals surface area contributed by atoms with E-state index in [0.29, 0.717) is 17.4 Å². The van der Waals surface area contributed by atoms with Gasteiger partial charge >= 0.3 is 0 Å². The van der Waals surface area contributed by atoms with Crippen molar-refractivity contribution in [1.29, 1.82) is 0 Å². The minimum absolute atomic E-state index is 0.189. The molecule has 1 amide bonds. The van der Waals surface area contributed by atoms with Crippen LogP contribution < -0.4 is 0 Å². The minimum Gasteiger partial charge on any atom is -0.334 e. The quantitative estimate of drug-likeness (QED) is 0.432. The van der Waals surface area contributed by atoms with Crippen LogP contribution >= 0.6 is 15.9 Å². The Morgan fingerprint density at radius 2 is 2.29 bits per heavy atom. The number of halogens is 1. The van der Waals surface area contributed by atoms with Gasteiger partial charge in [-0.2, -0.15) is 0 Å². The van der Waals surface area contributed by atoms with Gasteiger partial charge in [-0.15, -0.1) is 6.58 Å². The molecule has 2 unspecified atom stereocenters. The summed E-state index contributed by atoms with van der Waals surface area (Å²) in [5.41, 5.74) is -0.189. The van der Waals surface area contributed by atoms with Gasteiger partial charge in [-0.05, 0) is 20.3 Å². The van der Waals surface area contributed by atoms with E-state index < -0.39 is 0 Å². The van der Waals surface area contributed by atoms with E-state index in [0.717, 1.165) is 6.42 Å². The molecule has 1 heterocycles. The highest BCUT2D eigenvalue weighted by Gasteiger charge is 2.53. The molecule has 0 radical (unpaired) electrons. The molecule has 1 aliphatic rings. The van der Waals surface area contributed by atoms with Crippen LogP contribution in [0.15, 0.2) is 12.7 Å². The maximum absolute atomic E-state index is 11.7. The molecular formula is C11H18BrNO. The zero-order chi connectivity index (χ0) is 10.9. The fourth-order valence-electron chi connectivity index (χ4n) is 2.06. The lowest BCUT2D eigenvalue weighted by Gasteiger charge is -2.53. The van der Waals surface area contributed by atoms with E-state index in [1.165, 1.54) is 0 Å². The maximum Gasteiger partial charge on any atom is 0.230 e. The molecule has 0 aromatic carbocycles. The third-order valence-electron chi connectivity index (χ3n) is 2.90. The fraction of sp³-hybridized carbons (Fsp3) is 0.727. The summed E-state index contributed by atoms with van der Waals surface area (Å²) in [7, 11) is 0. The lowest BCUT2D eigenvalue weighted by Crippen LogP contribution is -2.66. The Hall–Kier alpha value is -0.310. The Morgan fingerprint density at radius 1 is 1.71 bits per heavy atom. The first kappa shape index (κ1) is 11.8. The molecule has 1 rings (SSSR count). The van der Waals surface area contributed by atoms with Crippen LogP contribution in [-0.2, 0) is 4.79 Å². The van der Waals surface area contributed by atoms with Crippen molar-refractivity contribution < 1.29 is 4.79 Å². The van der Waals surface area contributed by atoms with Crippen LogP contribution in [0.25, 0.3) is 0 Å². The van der Waals surface area contributed by atoms with E-state index >= 15 is 0 Å². The molecule has 2 nitrogen and oxygen atoms in total. The van der Waals surface area contributed by atoms with E-state index in [4.69, 9.17) is 0 Å². The third kappa shape index (κ3) is 1.88. The molecule has 1 fully saturated rings. The summed E-state index contributed by atoms with van der Waals surface area (Å²) in [5.74, 6) is 0.246. The number of β-lactam (4-membered cyclic amide) rings is 1. The summed E-state index contributed by atoms with van der Waals surface area (Å²) < 4.78 is 0. The second kappa shape index (κ2) is 4.05. The average molecular weight is 260 g/mol. The average Bonchev–Trinajstić information content (AvgIpc) is 2.10. The standard InChI is InChI=1S/C11H18BrNO/c1-5-6-13-9(7-8(2)12)11(3,4)10(13)14/h5,8-9H,1,6-7H2,2-4H3. The summed E-state index contributed by atoms with van der Waals surface area (Å²) in [6, 6.07) is 0.349. The van der Waals surface area contributed by atoms with Crippen LogP contribution in [0.4, 0.5) is 0 Å². The number of hydrogen-bond acceptors (Lipinski definition) is 1. The van der Waals surface area contributed by atoms with Gasteiger partial charge in [0.2, 0.25) is 5.91 Å². The lowest BCUT2D eigenvalue weighted by atomic mass is 9.72. The predicted molar refractivity (Wildman–Crippen MR) is 62.5 cm³/mol. The Labute approximate surface area is 94.5 Å². The van der Waals surface area contributed by atoms with E-state index in [-0.39, 0.29) is 11.3 Å². The number of nitrogens with zero attached hydrogens (tertiary/aromatic N) is 1. The van der Waals surface area contributed by atoms with E-state index in [1.807, 2.05) is 18.7 Å². The minimum atomic E-state index is -0.189. The van der Waals surface area contributed by atoms with Gasteiger partial charge in [-0.3, -0.25) is 4.79 Å². The van der Waals surface area contributed by atoms with E-state index in [2.05, 4.69) is 29.4 Å². The Balaban J connectivity index is 2.68. The molecule has 0 aromatic heterocycles. The SMILES string of the molecule is C=CCN1C(=O)C(C)(C)C1CC(C)Br.